The normalized spacial score (nSPS) is 12.1. The summed E-state index contributed by atoms with van der Waals surface area (Å²) >= 11 is 0. The van der Waals surface area contributed by atoms with Gasteiger partial charge in [0.1, 0.15) is 5.76 Å². The van der Waals surface area contributed by atoms with Gasteiger partial charge in [0, 0.05) is 67.4 Å². The van der Waals surface area contributed by atoms with E-state index in [0.29, 0.717) is 60.4 Å². The van der Waals surface area contributed by atoms with Crippen LogP contribution in [-0.4, -0.2) is 56.9 Å². The van der Waals surface area contributed by atoms with Gasteiger partial charge < -0.3 is 25.0 Å². The average molecular weight is 1520 g/mol. The first-order valence-corrected chi connectivity index (χ1v) is 51.5. The Hall–Kier alpha value is -9.83. The minimum absolute atomic E-state index is 0.0549. The molecule has 0 atom stereocenters. The quantitative estimate of drug-likeness (QED) is 0.0216. The van der Waals surface area contributed by atoms with Gasteiger partial charge in [0.2, 0.25) is 0 Å². The van der Waals surface area contributed by atoms with Crippen molar-refractivity contribution in [3.8, 4) is 0 Å². The fourth-order valence-electron chi connectivity index (χ4n) is 15.5. The van der Waals surface area contributed by atoms with E-state index in [1.165, 1.54) is 23.6 Å². The van der Waals surface area contributed by atoms with Gasteiger partial charge in [0.15, 0.2) is 14.1 Å². The monoisotopic (exact) mass is 1520 g/mol. The summed E-state index contributed by atoms with van der Waals surface area (Å²) in [5.74, 6) is -0.214. The van der Waals surface area contributed by atoms with Crippen molar-refractivity contribution in [3.05, 3.63) is 479 Å². The van der Waals surface area contributed by atoms with Crippen molar-refractivity contribution < 1.29 is 29.8 Å². The minimum atomic E-state index is -4.31. The predicted molar refractivity (Wildman–Crippen MR) is 453 cm³/mol. The van der Waals surface area contributed by atoms with Crippen molar-refractivity contribution in [1.29, 1.82) is 0 Å². The van der Waals surface area contributed by atoms with E-state index in [1.807, 2.05) is 12.1 Å². The van der Waals surface area contributed by atoms with Crippen molar-refractivity contribution in [3.63, 3.8) is 0 Å². The summed E-state index contributed by atoms with van der Waals surface area (Å²) in [6.07, 6.45) is 0. The third-order valence-corrected chi connectivity index (χ3v) is 48.2. The maximum absolute atomic E-state index is 14.2. The fraction of sp³-hybridized carbons (Fsp3) is 0.147. The maximum atomic E-state index is 14.2. The largest absolute Gasteiger partial charge is 0.518 e. The molecule has 0 amide bonds. The summed E-state index contributed by atoms with van der Waals surface area (Å²) in [6, 6.07) is 147. The highest BCUT2D eigenvalue weighted by Crippen LogP contribution is 2.42. The third-order valence-electron chi connectivity index (χ3n) is 19.9. The van der Waals surface area contributed by atoms with Gasteiger partial charge in [-0.1, -0.05) is 401 Å². The van der Waals surface area contributed by atoms with Gasteiger partial charge in [0.25, 0.3) is 0 Å². The van der Waals surface area contributed by atoms with E-state index in [-0.39, 0.29) is 11.5 Å². The molecule has 0 aliphatic heterocycles. The van der Waals surface area contributed by atoms with Crippen LogP contribution in [0.2, 0.25) is 0 Å². The predicted octanol–water partition coefficient (Wildman–Crippen LogP) is 20.5. The summed E-state index contributed by atoms with van der Waals surface area (Å²) in [7, 11) is -24.2. The van der Waals surface area contributed by atoms with E-state index in [2.05, 4.69) is 389 Å². The number of benzene rings is 13. The SMILES string of the molecule is C=C(O[Si](Cc1ccccc1)(Cc1ccccc1)O[Si](Cc1ccccc1)(Cc1ccccc1)O[Si](Cc1ccccc1)(Cc1ccccc1)O[Si](Cc1ccccc1)(Cc1ccccc1)O[Si](Cc1ccccc1)(Cc1ccccc1)O[Si](Cc1ccccc1)(Cc1ccccc1)Cc1ccccc1)C(C)=O. The zero-order valence-electron chi connectivity index (χ0n) is 61.8. The van der Waals surface area contributed by atoms with Gasteiger partial charge in [-0.3, -0.25) is 4.79 Å². The Morgan fingerprint density at radius 3 is 0.491 bits per heavy atom. The molecule has 0 radical (unpaired) electrons. The van der Waals surface area contributed by atoms with Gasteiger partial charge in [-0.05, 0) is 90.5 Å². The molecule has 13 rings (SSSR count). The molecule has 0 N–H and O–H groups in total. The molecular formula is C95H96O7Si6. The second kappa shape index (κ2) is 37.3. The standard InChI is InChI=1S/C95H96O7Si6/c1-81(96)82(2)97-104(71-86-48-22-6-23-49-86,72-87-50-24-7-25-51-87)99-106(75-90-56-30-10-31-57-90,76-91-58-32-11-33-59-91)101-108(79-94-64-38-14-39-65-94,80-95-66-40-15-41-67-95)102-107(77-92-60-34-12-35-61-92,78-93-62-36-13-37-63-93)100-105(73-88-52-26-8-27-53-88,74-89-54-28-9-29-55-89)98-103(68-83-42-16-3-17-43-83,69-84-44-18-4-19-45-84)70-85-46-20-5-21-47-85/h3-67H,2,68-80H2,1H3. The van der Waals surface area contributed by atoms with Gasteiger partial charge >= 0.3 is 42.8 Å². The lowest BCUT2D eigenvalue weighted by Crippen LogP contribution is -2.72. The highest BCUT2D eigenvalue weighted by Gasteiger charge is 2.61. The van der Waals surface area contributed by atoms with Crippen LogP contribution in [0.15, 0.2) is 407 Å². The molecule has 13 heteroatoms. The van der Waals surface area contributed by atoms with Crippen molar-refractivity contribution >= 4 is 56.9 Å². The van der Waals surface area contributed by atoms with Crippen molar-refractivity contribution in [1.82, 2.24) is 0 Å². The molecule has 0 heterocycles. The van der Waals surface area contributed by atoms with Crippen LogP contribution in [0.1, 0.15) is 79.2 Å². The number of allylic oxidation sites excluding steroid dienone is 1. The molecule has 0 aliphatic carbocycles. The van der Waals surface area contributed by atoms with E-state index in [0.717, 1.165) is 73.8 Å². The molecule has 0 fully saturated rings. The first-order chi connectivity index (χ1) is 52.9. The zero-order valence-corrected chi connectivity index (χ0v) is 67.8. The molecule has 0 saturated heterocycles. The Morgan fingerprint density at radius 2 is 0.333 bits per heavy atom. The van der Waals surface area contributed by atoms with Crippen LogP contribution >= 0.6 is 0 Å². The highest BCUT2D eigenvalue weighted by molar-refractivity contribution is 6.92. The van der Waals surface area contributed by atoms with E-state index in [1.54, 1.807) is 0 Å². The first kappa shape index (κ1) is 76.4. The van der Waals surface area contributed by atoms with Gasteiger partial charge in [-0.25, -0.2) is 0 Å². The van der Waals surface area contributed by atoms with Crippen LogP contribution in [0.3, 0.4) is 0 Å². The Balaban J connectivity index is 1.14. The summed E-state index contributed by atoms with van der Waals surface area (Å²) in [5, 5.41) is 0. The lowest BCUT2D eigenvalue weighted by atomic mass is 10.2. The summed E-state index contributed by atoms with van der Waals surface area (Å²) in [4.78, 5) is 14.2. The van der Waals surface area contributed by atoms with E-state index >= 15 is 0 Å². The number of carbonyl (C=O) groups excluding carboxylic acids is 1. The number of hydrogen-bond donors (Lipinski definition) is 0. The van der Waals surface area contributed by atoms with E-state index < -0.39 is 51.1 Å². The molecule has 13 aromatic carbocycles. The highest BCUT2D eigenvalue weighted by atomic mass is 28.5. The Labute approximate surface area is 646 Å². The Kier molecular flexibility index (Phi) is 26.4. The van der Waals surface area contributed by atoms with Crippen molar-refractivity contribution in [2.45, 2.75) is 85.5 Å². The molecule has 0 aromatic heterocycles. The molecular weight excluding hydrogens is 1420 g/mol. The number of rotatable bonds is 39. The molecule has 0 bridgehead atoms. The molecule has 108 heavy (non-hydrogen) atoms. The molecule has 0 spiro atoms. The summed E-state index contributed by atoms with van der Waals surface area (Å²) in [5.41, 5.74) is 14.4. The lowest BCUT2D eigenvalue weighted by molar-refractivity contribution is -0.115. The molecule has 0 unspecified atom stereocenters. The Bertz CT molecular complexity index is 4520. The van der Waals surface area contributed by atoms with Gasteiger partial charge in [0.05, 0.1) is 0 Å². The summed E-state index contributed by atoms with van der Waals surface area (Å²) < 4.78 is 54.0. The average Bonchev–Trinajstić information content (AvgIpc) is 0.747. The maximum Gasteiger partial charge on any atom is 0.399 e. The van der Waals surface area contributed by atoms with Crippen LogP contribution in [0.25, 0.3) is 0 Å². The Morgan fingerprint density at radius 1 is 0.204 bits per heavy atom. The van der Waals surface area contributed by atoms with E-state index in [4.69, 9.17) is 8.54 Å². The molecule has 542 valence electrons. The zero-order chi connectivity index (χ0) is 74.1. The number of carbonyl (C=O) groups is 1. The number of ketones is 1. The lowest BCUT2D eigenvalue weighted by Gasteiger charge is -2.51. The topological polar surface area (TPSA) is 72.5 Å². The first-order valence-electron chi connectivity index (χ1n) is 37.8. The molecule has 0 saturated carbocycles. The van der Waals surface area contributed by atoms with Gasteiger partial charge in [-0.15, -0.1) is 0 Å². The molecule has 13 aromatic rings. The number of Topliss-reactive ketones (excluding diaryl/α,β-unsaturated/α-hetero) is 1. The minimum Gasteiger partial charge on any atom is -0.518 e. The third kappa shape index (κ3) is 22.2. The fourth-order valence-corrected chi connectivity index (χ4v) is 51.1. The smallest absolute Gasteiger partial charge is 0.399 e. The molecule has 7 nitrogen and oxygen atoms in total. The van der Waals surface area contributed by atoms with Crippen LogP contribution < -0.4 is 0 Å². The summed E-state index contributed by atoms with van der Waals surface area (Å²) in [6.45, 7) is 5.99. The number of hydrogen-bond acceptors (Lipinski definition) is 7. The van der Waals surface area contributed by atoms with Crippen LogP contribution in [-0.2, 0) is 108 Å². The van der Waals surface area contributed by atoms with Crippen molar-refractivity contribution in [2.75, 3.05) is 0 Å². The van der Waals surface area contributed by atoms with Crippen LogP contribution in [0, 0.1) is 0 Å². The second-order valence-corrected chi connectivity index (χ2v) is 49.3. The van der Waals surface area contributed by atoms with Crippen LogP contribution in [0.4, 0.5) is 0 Å². The van der Waals surface area contributed by atoms with Crippen molar-refractivity contribution in [2.24, 2.45) is 0 Å². The molecule has 0 aliphatic rings. The van der Waals surface area contributed by atoms with Crippen LogP contribution in [0.5, 0.6) is 0 Å². The second-order valence-electron chi connectivity index (χ2n) is 28.9. The van der Waals surface area contributed by atoms with Gasteiger partial charge in [-0.2, -0.15) is 0 Å². The van der Waals surface area contributed by atoms with E-state index in [9.17, 15) is 21.3 Å².